The van der Waals surface area contributed by atoms with Crippen LogP contribution in [0.3, 0.4) is 0 Å². The van der Waals surface area contributed by atoms with Gasteiger partial charge in [0.2, 0.25) is 0 Å². The molecule has 0 heterocycles. The zero-order valence-corrected chi connectivity index (χ0v) is 29.1. The van der Waals surface area contributed by atoms with E-state index < -0.39 is 0 Å². The summed E-state index contributed by atoms with van der Waals surface area (Å²) in [5.74, 6) is 0.0137. The van der Waals surface area contributed by atoms with Crippen molar-refractivity contribution in [2.45, 2.75) is 226 Å². The van der Waals surface area contributed by atoms with Crippen LogP contribution >= 0.6 is 0 Å². The minimum atomic E-state index is 0.0137. The van der Waals surface area contributed by atoms with Gasteiger partial charge in [0.05, 0.1) is 0 Å². The summed E-state index contributed by atoms with van der Waals surface area (Å²) in [5, 5.41) is 0. The van der Waals surface area contributed by atoms with E-state index in [0.29, 0.717) is 6.42 Å². The minimum absolute atomic E-state index is 0.0137. The topological polar surface area (TPSA) is 26.3 Å². The third-order valence-corrected chi connectivity index (χ3v) is 8.58. The van der Waals surface area contributed by atoms with E-state index in [0.717, 1.165) is 19.3 Å². The molecule has 2 nitrogen and oxygen atoms in total. The highest BCUT2D eigenvalue weighted by Gasteiger charge is 2.13. The summed E-state index contributed by atoms with van der Waals surface area (Å²) in [6, 6.07) is 0. The fourth-order valence-corrected chi connectivity index (χ4v) is 5.77. The molecule has 0 aromatic heterocycles. The van der Waals surface area contributed by atoms with Gasteiger partial charge in [-0.2, -0.15) is 0 Å². The highest BCUT2D eigenvalue weighted by Crippen LogP contribution is 2.18. The first-order chi connectivity index (χ1) is 20.7. The molecule has 0 amide bonds. The van der Waals surface area contributed by atoms with Crippen molar-refractivity contribution in [2.75, 3.05) is 0 Å². The number of esters is 1. The van der Waals surface area contributed by atoms with Crippen LogP contribution in [0.4, 0.5) is 0 Å². The van der Waals surface area contributed by atoms with Crippen LogP contribution in [-0.4, -0.2) is 12.1 Å². The standard InChI is InChI=1S/C40H76O2/c1-4-7-9-11-13-15-17-19-21-23-25-27-29-31-33-35-38-39(42-40(41)36-6-3)37-34-32-30-28-26-24-22-20-18-16-14-12-10-8-5-2/h19-22,39H,4-18,23-38H2,1-3H3/b21-19-,22-20-. The van der Waals surface area contributed by atoms with Crippen molar-refractivity contribution in [3.05, 3.63) is 24.3 Å². The predicted molar refractivity (Wildman–Crippen MR) is 188 cm³/mol. The Balaban J connectivity index is 3.75. The number of unbranched alkanes of at least 4 members (excludes halogenated alkanes) is 23. The molecule has 0 aliphatic heterocycles. The van der Waals surface area contributed by atoms with E-state index >= 15 is 0 Å². The first-order valence-corrected chi connectivity index (χ1v) is 19.2. The SMILES string of the molecule is CCCCCCCC/C=C\CCCCCCCCC(CCCCCCC/C=C\CCCCCCCC)OC(=O)CCC. The average Bonchev–Trinajstić information content (AvgIpc) is 2.98. The largest absolute Gasteiger partial charge is 0.462 e. The number of ether oxygens (including phenoxy) is 1. The molecule has 0 N–H and O–H groups in total. The van der Waals surface area contributed by atoms with Gasteiger partial charge in [-0.25, -0.2) is 0 Å². The number of rotatable bonds is 34. The normalized spacial score (nSPS) is 12.5. The molecule has 2 heteroatoms. The highest BCUT2D eigenvalue weighted by atomic mass is 16.5. The lowest BCUT2D eigenvalue weighted by molar-refractivity contribution is -0.149. The Labute approximate surface area is 265 Å². The van der Waals surface area contributed by atoms with Crippen LogP contribution in [0, 0.1) is 0 Å². The molecule has 0 saturated heterocycles. The number of carbonyl (C=O) groups excluding carboxylic acids is 1. The molecule has 0 fully saturated rings. The molecule has 0 saturated carbocycles. The number of hydrogen-bond donors (Lipinski definition) is 0. The third kappa shape index (κ3) is 33.5. The molecule has 0 bridgehead atoms. The first kappa shape index (κ1) is 41.0. The van der Waals surface area contributed by atoms with E-state index in [1.165, 1.54) is 173 Å². The van der Waals surface area contributed by atoms with Crippen molar-refractivity contribution < 1.29 is 9.53 Å². The zero-order valence-electron chi connectivity index (χ0n) is 29.1. The monoisotopic (exact) mass is 589 g/mol. The summed E-state index contributed by atoms with van der Waals surface area (Å²) in [5.41, 5.74) is 0. The Morgan fingerprint density at radius 1 is 0.429 bits per heavy atom. The Bertz CT molecular complexity index is 578. The minimum Gasteiger partial charge on any atom is -0.462 e. The van der Waals surface area contributed by atoms with Gasteiger partial charge < -0.3 is 4.74 Å². The maximum absolute atomic E-state index is 12.2. The fourth-order valence-electron chi connectivity index (χ4n) is 5.77. The molecule has 1 unspecified atom stereocenters. The average molecular weight is 589 g/mol. The van der Waals surface area contributed by atoms with Gasteiger partial charge in [-0.15, -0.1) is 0 Å². The van der Waals surface area contributed by atoms with Crippen molar-refractivity contribution in [3.8, 4) is 0 Å². The van der Waals surface area contributed by atoms with Crippen LogP contribution in [0.1, 0.15) is 220 Å². The molecular formula is C40H76O2. The van der Waals surface area contributed by atoms with Crippen LogP contribution < -0.4 is 0 Å². The fraction of sp³-hybridized carbons (Fsp3) is 0.875. The molecular weight excluding hydrogens is 512 g/mol. The highest BCUT2D eigenvalue weighted by molar-refractivity contribution is 5.69. The van der Waals surface area contributed by atoms with E-state index in [2.05, 4.69) is 45.1 Å². The smallest absolute Gasteiger partial charge is 0.306 e. The van der Waals surface area contributed by atoms with E-state index in [4.69, 9.17) is 4.74 Å². The second kappa shape index (κ2) is 36.1. The van der Waals surface area contributed by atoms with Crippen molar-refractivity contribution >= 4 is 5.97 Å². The molecule has 0 spiro atoms. The van der Waals surface area contributed by atoms with Crippen LogP contribution in [0.5, 0.6) is 0 Å². The lowest BCUT2D eigenvalue weighted by atomic mass is 10.0. The van der Waals surface area contributed by atoms with Crippen molar-refractivity contribution in [1.82, 2.24) is 0 Å². The molecule has 0 aromatic rings. The van der Waals surface area contributed by atoms with E-state index in [1.807, 2.05) is 0 Å². The summed E-state index contributed by atoms with van der Waals surface area (Å²) in [7, 11) is 0. The number of hydrogen-bond acceptors (Lipinski definition) is 2. The molecule has 248 valence electrons. The van der Waals surface area contributed by atoms with Gasteiger partial charge in [0, 0.05) is 6.42 Å². The lowest BCUT2D eigenvalue weighted by Gasteiger charge is -2.18. The quantitative estimate of drug-likeness (QED) is 0.0424. The first-order valence-electron chi connectivity index (χ1n) is 19.2. The Morgan fingerprint density at radius 3 is 1.07 bits per heavy atom. The summed E-state index contributed by atoms with van der Waals surface area (Å²) >= 11 is 0. The number of carbonyl (C=O) groups is 1. The summed E-state index contributed by atoms with van der Waals surface area (Å²) in [6.45, 7) is 6.63. The molecule has 0 radical (unpaired) electrons. The Kier molecular flexibility index (Phi) is 35.2. The van der Waals surface area contributed by atoms with E-state index in [9.17, 15) is 4.79 Å². The predicted octanol–water partition coefficient (Wildman–Crippen LogP) is 14.2. The van der Waals surface area contributed by atoms with Gasteiger partial charge >= 0.3 is 5.97 Å². The maximum atomic E-state index is 12.2. The molecule has 42 heavy (non-hydrogen) atoms. The van der Waals surface area contributed by atoms with Gasteiger partial charge in [-0.3, -0.25) is 4.79 Å². The Morgan fingerprint density at radius 2 is 0.738 bits per heavy atom. The lowest BCUT2D eigenvalue weighted by Crippen LogP contribution is -2.18. The van der Waals surface area contributed by atoms with Gasteiger partial charge in [-0.1, -0.05) is 154 Å². The molecule has 0 aromatic carbocycles. The second-order valence-corrected chi connectivity index (χ2v) is 13.0. The molecule has 0 rings (SSSR count). The summed E-state index contributed by atoms with van der Waals surface area (Å²) in [4.78, 5) is 12.2. The zero-order chi connectivity index (χ0) is 30.6. The van der Waals surface area contributed by atoms with Crippen LogP contribution in [0.15, 0.2) is 24.3 Å². The van der Waals surface area contributed by atoms with Gasteiger partial charge in [-0.05, 0) is 83.5 Å². The Hall–Kier alpha value is -1.05. The van der Waals surface area contributed by atoms with Crippen molar-refractivity contribution in [1.29, 1.82) is 0 Å². The molecule has 0 aliphatic carbocycles. The van der Waals surface area contributed by atoms with Crippen LogP contribution in [-0.2, 0) is 9.53 Å². The van der Waals surface area contributed by atoms with Gasteiger partial charge in [0.15, 0.2) is 0 Å². The van der Waals surface area contributed by atoms with Gasteiger partial charge in [0.1, 0.15) is 6.10 Å². The maximum Gasteiger partial charge on any atom is 0.306 e. The molecule has 1 atom stereocenters. The van der Waals surface area contributed by atoms with Crippen molar-refractivity contribution in [3.63, 3.8) is 0 Å². The van der Waals surface area contributed by atoms with E-state index in [1.54, 1.807) is 0 Å². The number of allylic oxidation sites excluding steroid dienone is 4. The summed E-state index contributed by atoms with van der Waals surface area (Å²) in [6.07, 6.45) is 49.3. The third-order valence-electron chi connectivity index (χ3n) is 8.58. The van der Waals surface area contributed by atoms with E-state index in [-0.39, 0.29) is 12.1 Å². The van der Waals surface area contributed by atoms with Crippen LogP contribution in [0.25, 0.3) is 0 Å². The van der Waals surface area contributed by atoms with Gasteiger partial charge in [0.25, 0.3) is 0 Å². The van der Waals surface area contributed by atoms with Crippen molar-refractivity contribution in [2.24, 2.45) is 0 Å². The molecule has 0 aliphatic rings. The summed E-state index contributed by atoms with van der Waals surface area (Å²) < 4.78 is 5.88. The van der Waals surface area contributed by atoms with Crippen LogP contribution in [0.2, 0.25) is 0 Å². The second-order valence-electron chi connectivity index (χ2n) is 13.0.